The van der Waals surface area contributed by atoms with Crippen LogP contribution in [0.4, 0.5) is 0 Å². The van der Waals surface area contributed by atoms with Crippen molar-refractivity contribution in [3.8, 4) is 0 Å². The number of hydrogen-bond acceptors (Lipinski definition) is 3. The number of benzene rings is 1. The highest BCUT2D eigenvalue weighted by Crippen LogP contribution is 2.34. The van der Waals surface area contributed by atoms with E-state index in [9.17, 15) is 5.11 Å². The van der Waals surface area contributed by atoms with E-state index in [1.807, 2.05) is 35.7 Å². The molecule has 3 rings (SSSR count). The standard InChI is InChI=1S/C14H10ClNOS/c15-11-6-8-18-14(11)13(17)10-5-1-3-9-4-2-7-16-12(9)10/h1-8,13,17H. The summed E-state index contributed by atoms with van der Waals surface area (Å²) in [6.45, 7) is 0. The number of aliphatic hydroxyl groups excluding tert-OH is 1. The van der Waals surface area contributed by atoms with Gasteiger partial charge in [0.25, 0.3) is 0 Å². The molecule has 1 aromatic carbocycles. The summed E-state index contributed by atoms with van der Waals surface area (Å²) in [5.74, 6) is 0. The minimum atomic E-state index is -0.726. The Balaban J connectivity index is 2.18. The van der Waals surface area contributed by atoms with Crippen molar-refractivity contribution < 1.29 is 5.11 Å². The Morgan fingerprint density at radius 3 is 2.78 bits per heavy atom. The van der Waals surface area contributed by atoms with Gasteiger partial charge in [0.05, 0.1) is 15.4 Å². The molecule has 2 nitrogen and oxygen atoms in total. The molecule has 0 aliphatic rings. The molecule has 0 bridgehead atoms. The molecule has 2 aromatic heterocycles. The summed E-state index contributed by atoms with van der Waals surface area (Å²) in [5, 5.41) is 13.9. The zero-order chi connectivity index (χ0) is 12.5. The van der Waals surface area contributed by atoms with E-state index in [1.165, 1.54) is 11.3 Å². The second kappa shape index (κ2) is 4.69. The fraction of sp³-hybridized carbons (Fsp3) is 0.0714. The van der Waals surface area contributed by atoms with Crippen molar-refractivity contribution in [1.29, 1.82) is 0 Å². The van der Waals surface area contributed by atoms with Crippen molar-refractivity contribution in [2.75, 3.05) is 0 Å². The number of nitrogens with zero attached hydrogens (tertiary/aromatic N) is 1. The van der Waals surface area contributed by atoms with Crippen LogP contribution < -0.4 is 0 Å². The largest absolute Gasteiger partial charge is 0.383 e. The Bertz CT molecular complexity index is 690. The summed E-state index contributed by atoms with van der Waals surface area (Å²) in [6.07, 6.45) is 1.00. The number of pyridine rings is 1. The summed E-state index contributed by atoms with van der Waals surface area (Å²) in [4.78, 5) is 5.10. The lowest BCUT2D eigenvalue weighted by Crippen LogP contribution is -1.99. The molecule has 1 N–H and O–H groups in total. The van der Waals surface area contributed by atoms with Crippen LogP contribution in [0.25, 0.3) is 10.9 Å². The van der Waals surface area contributed by atoms with E-state index in [2.05, 4.69) is 4.98 Å². The van der Waals surface area contributed by atoms with Gasteiger partial charge in [0.2, 0.25) is 0 Å². The average molecular weight is 276 g/mol. The number of rotatable bonds is 2. The van der Waals surface area contributed by atoms with Crippen molar-refractivity contribution >= 4 is 33.8 Å². The number of para-hydroxylation sites is 1. The van der Waals surface area contributed by atoms with E-state index in [1.54, 1.807) is 12.3 Å². The number of aliphatic hydroxyl groups is 1. The first-order chi connectivity index (χ1) is 8.77. The molecule has 0 aliphatic carbocycles. The van der Waals surface area contributed by atoms with Crippen LogP contribution in [0.15, 0.2) is 48.0 Å². The number of halogens is 1. The van der Waals surface area contributed by atoms with Gasteiger partial charge in [0.15, 0.2) is 0 Å². The van der Waals surface area contributed by atoms with Gasteiger partial charge in [-0.2, -0.15) is 0 Å². The van der Waals surface area contributed by atoms with Gasteiger partial charge in [0, 0.05) is 17.1 Å². The van der Waals surface area contributed by atoms with Gasteiger partial charge in [-0.3, -0.25) is 4.98 Å². The molecule has 0 spiro atoms. The molecule has 0 radical (unpaired) electrons. The second-order valence-electron chi connectivity index (χ2n) is 3.96. The number of fused-ring (bicyclic) bond motifs is 1. The fourth-order valence-corrected chi connectivity index (χ4v) is 3.15. The first kappa shape index (κ1) is 11.7. The molecule has 0 saturated carbocycles. The van der Waals surface area contributed by atoms with Gasteiger partial charge in [0.1, 0.15) is 6.10 Å². The highest BCUT2D eigenvalue weighted by atomic mass is 35.5. The molecule has 0 saturated heterocycles. The second-order valence-corrected chi connectivity index (χ2v) is 5.31. The summed E-state index contributed by atoms with van der Waals surface area (Å²) in [5.41, 5.74) is 1.61. The molecule has 0 fully saturated rings. The maximum atomic E-state index is 10.4. The van der Waals surface area contributed by atoms with Crippen molar-refractivity contribution in [3.05, 3.63) is 63.4 Å². The Morgan fingerprint density at radius 1 is 1.17 bits per heavy atom. The molecule has 0 aliphatic heterocycles. The van der Waals surface area contributed by atoms with E-state index in [0.29, 0.717) is 5.02 Å². The summed E-state index contributed by atoms with van der Waals surface area (Å²) < 4.78 is 0. The minimum absolute atomic E-state index is 0.598. The highest BCUT2D eigenvalue weighted by molar-refractivity contribution is 7.10. The maximum Gasteiger partial charge on any atom is 0.117 e. The van der Waals surface area contributed by atoms with Crippen molar-refractivity contribution in [2.24, 2.45) is 0 Å². The van der Waals surface area contributed by atoms with Gasteiger partial charge >= 0.3 is 0 Å². The number of thiophene rings is 1. The van der Waals surface area contributed by atoms with Gasteiger partial charge in [-0.1, -0.05) is 35.9 Å². The summed E-state index contributed by atoms with van der Waals surface area (Å²) in [7, 11) is 0. The number of hydrogen-bond donors (Lipinski definition) is 1. The Kier molecular flexibility index (Phi) is 3.04. The van der Waals surface area contributed by atoms with Crippen molar-refractivity contribution in [2.45, 2.75) is 6.10 Å². The topological polar surface area (TPSA) is 33.1 Å². The van der Waals surface area contributed by atoms with E-state index >= 15 is 0 Å². The van der Waals surface area contributed by atoms with Crippen LogP contribution in [0.5, 0.6) is 0 Å². The molecule has 2 heterocycles. The molecule has 1 atom stereocenters. The zero-order valence-electron chi connectivity index (χ0n) is 9.38. The van der Waals surface area contributed by atoms with Crippen LogP contribution in [0, 0.1) is 0 Å². The summed E-state index contributed by atoms with van der Waals surface area (Å²) in [6, 6.07) is 11.4. The SMILES string of the molecule is OC(c1sccc1Cl)c1cccc2cccnc12. The van der Waals surface area contributed by atoms with Crippen LogP contribution in [0.2, 0.25) is 5.02 Å². The predicted molar refractivity (Wildman–Crippen MR) is 75.1 cm³/mol. The predicted octanol–water partition coefficient (Wildman–Crippen LogP) is 4.03. The normalized spacial score (nSPS) is 12.8. The van der Waals surface area contributed by atoms with Crippen LogP contribution in [-0.2, 0) is 0 Å². The Labute approximate surface area is 113 Å². The van der Waals surface area contributed by atoms with E-state index in [-0.39, 0.29) is 0 Å². The quantitative estimate of drug-likeness (QED) is 0.766. The van der Waals surface area contributed by atoms with Crippen LogP contribution >= 0.6 is 22.9 Å². The van der Waals surface area contributed by atoms with Crippen molar-refractivity contribution in [1.82, 2.24) is 4.98 Å². The molecular formula is C14H10ClNOS. The molecule has 1 unspecified atom stereocenters. The smallest absolute Gasteiger partial charge is 0.117 e. The Morgan fingerprint density at radius 2 is 2.00 bits per heavy atom. The fourth-order valence-electron chi connectivity index (χ4n) is 1.99. The van der Waals surface area contributed by atoms with Gasteiger partial charge in [-0.25, -0.2) is 0 Å². The Hall–Kier alpha value is -1.42. The molecule has 90 valence electrons. The number of aromatic nitrogens is 1. The first-order valence-electron chi connectivity index (χ1n) is 5.52. The van der Waals surface area contributed by atoms with Crippen LogP contribution in [-0.4, -0.2) is 10.1 Å². The van der Waals surface area contributed by atoms with E-state index in [4.69, 9.17) is 11.6 Å². The summed E-state index contributed by atoms with van der Waals surface area (Å²) >= 11 is 7.52. The lowest BCUT2D eigenvalue weighted by Gasteiger charge is -2.12. The zero-order valence-corrected chi connectivity index (χ0v) is 10.9. The molecular weight excluding hydrogens is 266 g/mol. The molecule has 18 heavy (non-hydrogen) atoms. The maximum absolute atomic E-state index is 10.4. The van der Waals surface area contributed by atoms with Crippen LogP contribution in [0.1, 0.15) is 16.5 Å². The monoisotopic (exact) mass is 275 g/mol. The molecule has 0 amide bonds. The average Bonchev–Trinajstić information content (AvgIpc) is 2.83. The van der Waals surface area contributed by atoms with E-state index in [0.717, 1.165) is 21.3 Å². The van der Waals surface area contributed by atoms with Gasteiger partial charge in [-0.15, -0.1) is 11.3 Å². The third-order valence-electron chi connectivity index (χ3n) is 2.85. The molecule has 3 aromatic rings. The third kappa shape index (κ3) is 1.90. The lowest BCUT2D eigenvalue weighted by molar-refractivity contribution is 0.225. The molecule has 4 heteroatoms. The highest BCUT2D eigenvalue weighted by Gasteiger charge is 2.18. The van der Waals surface area contributed by atoms with Crippen molar-refractivity contribution in [3.63, 3.8) is 0 Å². The van der Waals surface area contributed by atoms with Gasteiger partial charge in [-0.05, 0) is 17.5 Å². The first-order valence-corrected chi connectivity index (χ1v) is 6.78. The minimum Gasteiger partial charge on any atom is -0.383 e. The van der Waals surface area contributed by atoms with E-state index < -0.39 is 6.10 Å². The van der Waals surface area contributed by atoms with Crippen LogP contribution in [0.3, 0.4) is 0 Å². The third-order valence-corrected chi connectivity index (χ3v) is 4.26. The lowest BCUT2D eigenvalue weighted by atomic mass is 10.0. The van der Waals surface area contributed by atoms with Gasteiger partial charge < -0.3 is 5.11 Å².